The molecule has 1 N–H and O–H groups in total. The second-order valence-electron chi connectivity index (χ2n) is 7.32. The summed E-state index contributed by atoms with van der Waals surface area (Å²) in [5, 5.41) is 3.74. The highest BCUT2D eigenvalue weighted by Crippen LogP contribution is 2.30. The summed E-state index contributed by atoms with van der Waals surface area (Å²) < 4.78 is 43.7. The Balaban J connectivity index is 2.12. The maximum absolute atomic E-state index is 12.8. The summed E-state index contributed by atoms with van der Waals surface area (Å²) in [4.78, 5) is 14.4. The van der Waals surface area contributed by atoms with E-state index in [1.165, 1.54) is 12.1 Å². The van der Waals surface area contributed by atoms with Crippen LogP contribution in [0.4, 0.5) is 18.9 Å². The third kappa shape index (κ3) is 5.72. The molecule has 0 saturated heterocycles. The van der Waals surface area contributed by atoms with Crippen molar-refractivity contribution in [2.45, 2.75) is 46.5 Å². The van der Waals surface area contributed by atoms with Gasteiger partial charge < -0.3 is 15.0 Å². The minimum Gasteiger partial charge on any atom is -0.457 e. The first-order chi connectivity index (χ1) is 13.9. The molecule has 0 radical (unpaired) electrons. The van der Waals surface area contributed by atoms with E-state index in [1.807, 2.05) is 32.7 Å². The third-order valence-corrected chi connectivity index (χ3v) is 5.36. The zero-order valence-corrected chi connectivity index (χ0v) is 18.4. The van der Waals surface area contributed by atoms with Crippen molar-refractivity contribution in [3.8, 4) is 0 Å². The summed E-state index contributed by atoms with van der Waals surface area (Å²) in [5.74, 6) is -0.596. The Morgan fingerprint density at radius 1 is 1.17 bits per heavy atom. The van der Waals surface area contributed by atoms with E-state index in [9.17, 15) is 18.0 Å². The second kappa shape index (κ2) is 9.47. The molecule has 8 heteroatoms. The number of esters is 1. The molecule has 162 valence electrons. The monoisotopic (exact) mass is 438 g/mol. The van der Waals surface area contributed by atoms with Gasteiger partial charge >= 0.3 is 12.1 Å². The molecule has 0 spiro atoms. The van der Waals surface area contributed by atoms with Crippen LogP contribution in [0.3, 0.4) is 0 Å². The summed E-state index contributed by atoms with van der Waals surface area (Å²) in [6, 6.07) is 8.33. The summed E-state index contributed by atoms with van der Waals surface area (Å²) >= 11 is 5.40. The molecule has 0 unspecified atom stereocenters. The average Bonchev–Trinajstić information content (AvgIpc) is 2.68. The molecule has 30 heavy (non-hydrogen) atoms. The number of nitrogens with one attached hydrogen (secondary N) is 1. The Kier molecular flexibility index (Phi) is 7.47. The van der Waals surface area contributed by atoms with Crippen LogP contribution in [0.1, 0.15) is 46.5 Å². The first-order valence-electron chi connectivity index (χ1n) is 9.39. The van der Waals surface area contributed by atoms with Crippen molar-refractivity contribution in [3.05, 3.63) is 64.2 Å². The topological polar surface area (TPSA) is 41.6 Å². The Hall–Kier alpha value is -2.61. The summed E-state index contributed by atoms with van der Waals surface area (Å²) in [5.41, 5.74) is 2.17. The molecule has 4 nitrogen and oxygen atoms in total. The van der Waals surface area contributed by atoms with E-state index in [1.54, 1.807) is 19.1 Å². The van der Waals surface area contributed by atoms with Gasteiger partial charge in [-0.15, -0.1) is 0 Å². The molecule has 0 fully saturated rings. The summed E-state index contributed by atoms with van der Waals surface area (Å²) in [7, 11) is 1.89. The number of nitrogens with zero attached hydrogens (tertiary/aromatic N) is 1. The lowest BCUT2D eigenvalue weighted by Crippen LogP contribution is -2.36. The highest BCUT2D eigenvalue weighted by Gasteiger charge is 2.30. The van der Waals surface area contributed by atoms with Gasteiger partial charge in [-0.1, -0.05) is 12.1 Å². The average molecular weight is 439 g/mol. The van der Waals surface area contributed by atoms with Gasteiger partial charge in [-0.3, -0.25) is 0 Å². The number of hydrogen-bond acceptors (Lipinski definition) is 3. The second-order valence-corrected chi connectivity index (χ2v) is 7.71. The molecule has 0 aliphatic carbocycles. The standard InChI is InChI=1S/C22H25F3N2O2S/c1-13(2)27(5)21(30)26-19-10-9-18(14(3)15(19)4)20(28)29-12-16-7-6-8-17(11-16)22(23,24)25/h6-11,13H,12H2,1-5H3,(H,26,30). The van der Waals surface area contributed by atoms with Crippen LogP contribution in [-0.4, -0.2) is 29.1 Å². The molecule has 0 aliphatic rings. The van der Waals surface area contributed by atoms with Crippen LogP contribution in [-0.2, 0) is 17.5 Å². The number of carbonyl (C=O) groups is 1. The van der Waals surface area contributed by atoms with Gasteiger partial charge in [0.1, 0.15) is 6.61 Å². The fourth-order valence-electron chi connectivity index (χ4n) is 2.68. The number of hydrogen-bond donors (Lipinski definition) is 1. The Labute approximate surface area is 180 Å². The van der Waals surface area contributed by atoms with Crippen molar-refractivity contribution < 1.29 is 22.7 Å². The quantitative estimate of drug-likeness (QED) is 0.478. The van der Waals surface area contributed by atoms with E-state index in [0.29, 0.717) is 16.2 Å². The Bertz CT molecular complexity index is 942. The van der Waals surface area contributed by atoms with Crippen LogP contribution in [0.15, 0.2) is 36.4 Å². The van der Waals surface area contributed by atoms with Gasteiger partial charge in [0.05, 0.1) is 11.1 Å². The Morgan fingerprint density at radius 2 is 1.83 bits per heavy atom. The normalized spacial score (nSPS) is 11.4. The molecule has 0 aromatic heterocycles. The van der Waals surface area contributed by atoms with Crippen LogP contribution in [0.25, 0.3) is 0 Å². The van der Waals surface area contributed by atoms with E-state index < -0.39 is 17.7 Å². The van der Waals surface area contributed by atoms with Crippen LogP contribution >= 0.6 is 12.2 Å². The highest BCUT2D eigenvalue weighted by molar-refractivity contribution is 7.80. The summed E-state index contributed by atoms with van der Waals surface area (Å²) in [6.07, 6.45) is -4.44. The zero-order chi connectivity index (χ0) is 22.6. The minimum atomic E-state index is -4.44. The minimum absolute atomic E-state index is 0.233. The molecule has 2 aromatic rings. The molecule has 0 amide bonds. The predicted octanol–water partition coefficient (Wildman–Crippen LogP) is 5.72. The van der Waals surface area contributed by atoms with Crippen molar-refractivity contribution in [1.29, 1.82) is 0 Å². The molecule has 0 bridgehead atoms. The fraction of sp³-hybridized carbons (Fsp3) is 0.364. The van der Waals surface area contributed by atoms with Crippen LogP contribution in [0.5, 0.6) is 0 Å². The number of anilines is 1. The first kappa shape index (κ1) is 23.7. The lowest BCUT2D eigenvalue weighted by atomic mass is 10.0. The zero-order valence-electron chi connectivity index (χ0n) is 17.6. The predicted molar refractivity (Wildman–Crippen MR) is 116 cm³/mol. The van der Waals surface area contributed by atoms with Gasteiger partial charge in [-0.25, -0.2) is 4.79 Å². The number of rotatable bonds is 5. The number of thiocarbonyl (C=S) groups is 1. The summed E-state index contributed by atoms with van der Waals surface area (Å²) in [6.45, 7) is 7.45. The number of carbonyl (C=O) groups excluding carboxylic acids is 1. The third-order valence-electron chi connectivity index (χ3n) is 4.97. The number of alkyl halides is 3. The SMILES string of the molecule is Cc1c(NC(=S)N(C)C(C)C)ccc(C(=O)OCc2cccc(C(F)(F)F)c2)c1C. The van der Waals surface area contributed by atoms with Crippen LogP contribution in [0, 0.1) is 13.8 Å². The van der Waals surface area contributed by atoms with Crippen molar-refractivity contribution >= 4 is 29.0 Å². The number of benzene rings is 2. The smallest absolute Gasteiger partial charge is 0.416 e. The van der Waals surface area contributed by atoms with E-state index in [2.05, 4.69) is 5.32 Å². The van der Waals surface area contributed by atoms with Gasteiger partial charge in [0.15, 0.2) is 5.11 Å². The lowest BCUT2D eigenvalue weighted by molar-refractivity contribution is -0.137. The largest absolute Gasteiger partial charge is 0.457 e. The van der Waals surface area contributed by atoms with Crippen LogP contribution < -0.4 is 5.32 Å². The fourth-order valence-corrected chi connectivity index (χ4v) is 3.00. The Morgan fingerprint density at radius 3 is 2.43 bits per heavy atom. The molecule has 0 heterocycles. The van der Waals surface area contributed by atoms with Crippen molar-refractivity contribution in [2.24, 2.45) is 0 Å². The molecule has 0 aliphatic heterocycles. The van der Waals surface area contributed by atoms with Crippen molar-refractivity contribution in [1.82, 2.24) is 4.90 Å². The van der Waals surface area contributed by atoms with E-state index >= 15 is 0 Å². The molecule has 0 saturated carbocycles. The van der Waals surface area contributed by atoms with Crippen molar-refractivity contribution in [2.75, 3.05) is 12.4 Å². The van der Waals surface area contributed by atoms with E-state index in [0.717, 1.165) is 23.4 Å². The van der Waals surface area contributed by atoms with Gasteiger partial charge in [0, 0.05) is 18.8 Å². The molecule has 0 atom stereocenters. The number of halogens is 3. The van der Waals surface area contributed by atoms with E-state index in [4.69, 9.17) is 17.0 Å². The maximum Gasteiger partial charge on any atom is 0.416 e. The molecule has 2 rings (SSSR count). The van der Waals surface area contributed by atoms with E-state index in [-0.39, 0.29) is 18.2 Å². The molecular formula is C22H25F3N2O2S. The maximum atomic E-state index is 12.8. The van der Waals surface area contributed by atoms with Crippen LogP contribution in [0.2, 0.25) is 0 Å². The molecule has 2 aromatic carbocycles. The van der Waals surface area contributed by atoms with Crippen molar-refractivity contribution in [3.63, 3.8) is 0 Å². The van der Waals surface area contributed by atoms with Gasteiger partial charge in [-0.2, -0.15) is 13.2 Å². The van der Waals surface area contributed by atoms with Gasteiger partial charge in [0.2, 0.25) is 0 Å². The first-order valence-corrected chi connectivity index (χ1v) is 9.80. The highest BCUT2D eigenvalue weighted by atomic mass is 32.1. The lowest BCUT2D eigenvalue weighted by Gasteiger charge is -2.26. The van der Waals surface area contributed by atoms with Gasteiger partial charge in [-0.05, 0) is 80.9 Å². The number of ether oxygens (including phenoxy) is 1. The molecular weight excluding hydrogens is 413 g/mol. The van der Waals surface area contributed by atoms with Gasteiger partial charge in [0.25, 0.3) is 0 Å².